The van der Waals surface area contributed by atoms with E-state index < -0.39 is 0 Å². The zero-order valence-corrected chi connectivity index (χ0v) is 20.5. The SMILES string of the molecule is CCCCOC(=O)c1ccc(NC(=O)C2CCN(Cc3nc(-c4ccc(Cl)cc4)no3)CC2)cc1. The van der Waals surface area contributed by atoms with Gasteiger partial charge in [-0.25, -0.2) is 4.79 Å². The quantitative estimate of drug-likeness (QED) is 0.321. The number of aromatic nitrogens is 2. The number of nitrogens with zero attached hydrogens (tertiary/aromatic N) is 3. The van der Waals surface area contributed by atoms with Crippen molar-refractivity contribution in [1.29, 1.82) is 0 Å². The Bertz CT molecular complexity index is 1120. The molecule has 1 fully saturated rings. The maximum absolute atomic E-state index is 12.7. The Morgan fingerprint density at radius 2 is 1.83 bits per heavy atom. The van der Waals surface area contributed by atoms with Gasteiger partial charge in [0.1, 0.15) is 0 Å². The van der Waals surface area contributed by atoms with Gasteiger partial charge in [0.25, 0.3) is 0 Å². The second-order valence-electron chi connectivity index (χ2n) is 8.63. The molecule has 1 aliphatic heterocycles. The number of esters is 1. The van der Waals surface area contributed by atoms with Crippen LogP contribution in [-0.2, 0) is 16.1 Å². The van der Waals surface area contributed by atoms with Crippen molar-refractivity contribution in [3.8, 4) is 11.4 Å². The van der Waals surface area contributed by atoms with Crippen molar-refractivity contribution < 1.29 is 18.8 Å². The highest BCUT2D eigenvalue weighted by Gasteiger charge is 2.26. The largest absolute Gasteiger partial charge is 0.462 e. The number of hydrogen-bond acceptors (Lipinski definition) is 7. The van der Waals surface area contributed by atoms with Crippen LogP contribution >= 0.6 is 11.6 Å². The van der Waals surface area contributed by atoms with Crippen LogP contribution in [0.1, 0.15) is 48.9 Å². The number of amides is 1. The van der Waals surface area contributed by atoms with Crippen molar-refractivity contribution in [2.45, 2.75) is 39.2 Å². The lowest BCUT2D eigenvalue weighted by Crippen LogP contribution is -2.37. The van der Waals surface area contributed by atoms with Crippen LogP contribution in [0.4, 0.5) is 5.69 Å². The average Bonchev–Trinajstić information content (AvgIpc) is 3.34. The number of nitrogens with one attached hydrogen (secondary N) is 1. The van der Waals surface area contributed by atoms with Crippen LogP contribution in [0, 0.1) is 5.92 Å². The third kappa shape index (κ3) is 6.90. The van der Waals surface area contributed by atoms with Gasteiger partial charge in [-0.3, -0.25) is 9.69 Å². The molecule has 184 valence electrons. The molecular formula is C26H29ClN4O4. The molecule has 1 N–H and O–H groups in total. The first-order valence-electron chi connectivity index (χ1n) is 11.9. The number of halogens is 1. The third-order valence-electron chi connectivity index (χ3n) is 6.01. The summed E-state index contributed by atoms with van der Waals surface area (Å²) >= 11 is 5.93. The fourth-order valence-corrected chi connectivity index (χ4v) is 4.03. The van der Waals surface area contributed by atoms with E-state index in [1.807, 2.05) is 19.1 Å². The van der Waals surface area contributed by atoms with E-state index in [0.29, 0.717) is 41.1 Å². The highest BCUT2D eigenvalue weighted by molar-refractivity contribution is 6.30. The Labute approximate surface area is 209 Å². The maximum atomic E-state index is 12.7. The van der Waals surface area contributed by atoms with E-state index in [9.17, 15) is 9.59 Å². The van der Waals surface area contributed by atoms with Gasteiger partial charge >= 0.3 is 5.97 Å². The maximum Gasteiger partial charge on any atom is 0.338 e. The number of carbonyl (C=O) groups is 2. The molecular weight excluding hydrogens is 468 g/mol. The van der Waals surface area contributed by atoms with Crippen LogP contribution in [-0.4, -0.2) is 46.6 Å². The molecule has 2 heterocycles. The lowest BCUT2D eigenvalue weighted by Gasteiger charge is -2.30. The van der Waals surface area contributed by atoms with E-state index in [1.54, 1.807) is 36.4 Å². The summed E-state index contributed by atoms with van der Waals surface area (Å²) in [6.45, 7) is 4.54. The first-order valence-corrected chi connectivity index (χ1v) is 12.3. The summed E-state index contributed by atoms with van der Waals surface area (Å²) in [4.78, 5) is 31.4. The summed E-state index contributed by atoms with van der Waals surface area (Å²) in [7, 11) is 0. The molecule has 1 aliphatic rings. The smallest absolute Gasteiger partial charge is 0.338 e. The van der Waals surface area contributed by atoms with E-state index in [1.165, 1.54) is 0 Å². The molecule has 0 radical (unpaired) electrons. The minimum absolute atomic E-state index is 0.00858. The van der Waals surface area contributed by atoms with Gasteiger partial charge in [-0.05, 0) is 80.9 Å². The number of anilines is 1. The number of carbonyl (C=O) groups excluding carboxylic acids is 2. The average molecular weight is 497 g/mol. The number of benzene rings is 2. The number of ether oxygens (including phenoxy) is 1. The van der Waals surface area contributed by atoms with Crippen molar-refractivity contribution in [1.82, 2.24) is 15.0 Å². The molecule has 35 heavy (non-hydrogen) atoms. The molecule has 1 saturated heterocycles. The Kier molecular flexibility index (Phi) is 8.50. The van der Waals surface area contributed by atoms with Gasteiger partial charge in [-0.2, -0.15) is 4.98 Å². The lowest BCUT2D eigenvalue weighted by atomic mass is 9.96. The number of unbranched alkanes of at least 4 members (excludes halogenated alkanes) is 1. The second-order valence-corrected chi connectivity index (χ2v) is 9.06. The number of piperidine rings is 1. The molecule has 8 nitrogen and oxygen atoms in total. The highest BCUT2D eigenvalue weighted by atomic mass is 35.5. The minimum atomic E-state index is -0.342. The van der Waals surface area contributed by atoms with Crippen LogP contribution in [0.3, 0.4) is 0 Å². The number of likely N-dealkylation sites (tertiary alicyclic amines) is 1. The fourth-order valence-electron chi connectivity index (χ4n) is 3.91. The van der Waals surface area contributed by atoms with E-state index in [4.69, 9.17) is 20.9 Å². The number of rotatable bonds is 9. The molecule has 0 aliphatic carbocycles. The van der Waals surface area contributed by atoms with Gasteiger partial charge in [0, 0.05) is 22.2 Å². The van der Waals surface area contributed by atoms with Crippen molar-refractivity contribution >= 4 is 29.2 Å². The van der Waals surface area contributed by atoms with Gasteiger partial charge in [0.2, 0.25) is 17.6 Å². The fraction of sp³-hybridized carbons (Fsp3) is 0.385. The summed E-state index contributed by atoms with van der Waals surface area (Å²) in [5.41, 5.74) is 2.00. The van der Waals surface area contributed by atoms with Crippen LogP contribution in [0.5, 0.6) is 0 Å². The standard InChI is InChI=1S/C26H29ClN4O4/c1-2-3-16-34-26(33)20-6-10-22(11-7-20)28-25(32)19-12-14-31(15-13-19)17-23-29-24(30-35-23)18-4-8-21(27)9-5-18/h4-11,19H,2-3,12-17H2,1H3,(H,28,32). The zero-order valence-electron chi connectivity index (χ0n) is 19.7. The monoisotopic (exact) mass is 496 g/mol. The Morgan fingerprint density at radius 3 is 2.51 bits per heavy atom. The van der Waals surface area contributed by atoms with Crippen molar-refractivity contribution in [2.24, 2.45) is 5.92 Å². The summed E-state index contributed by atoms with van der Waals surface area (Å²) in [5.74, 6) is 0.658. The normalized spacial score (nSPS) is 14.6. The summed E-state index contributed by atoms with van der Waals surface area (Å²) < 4.78 is 10.6. The molecule has 4 rings (SSSR count). The molecule has 3 aromatic rings. The van der Waals surface area contributed by atoms with Gasteiger partial charge in [0.15, 0.2) is 0 Å². The molecule has 1 aromatic heterocycles. The van der Waals surface area contributed by atoms with Crippen LogP contribution in [0.2, 0.25) is 5.02 Å². The molecule has 0 saturated carbocycles. The molecule has 2 aromatic carbocycles. The summed E-state index contributed by atoms with van der Waals surface area (Å²) in [6.07, 6.45) is 3.30. The zero-order chi connectivity index (χ0) is 24.6. The first kappa shape index (κ1) is 24.9. The van der Waals surface area contributed by atoms with E-state index in [0.717, 1.165) is 44.3 Å². The number of hydrogen-bond donors (Lipinski definition) is 1. The molecule has 0 bridgehead atoms. The molecule has 0 unspecified atom stereocenters. The van der Waals surface area contributed by atoms with E-state index in [-0.39, 0.29) is 17.8 Å². The van der Waals surface area contributed by atoms with E-state index in [2.05, 4.69) is 20.4 Å². The van der Waals surface area contributed by atoms with E-state index >= 15 is 0 Å². The first-order chi connectivity index (χ1) is 17.0. The predicted octanol–water partition coefficient (Wildman–Crippen LogP) is 5.20. The predicted molar refractivity (Wildman–Crippen MR) is 133 cm³/mol. The van der Waals surface area contributed by atoms with Crippen LogP contribution < -0.4 is 5.32 Å². The minimum Gasteiger partial charge on any atom is -0.462 e. The molecule has 0 atom stereocenters. The van der Waals surface area contributed by atoms with Gasteiger partial charge in [-0.15, -0.1) is 0 Å². The Morgan fingerprint density at radius 1 is 1.11 bits per heavy atom. The lowest BCUT2D eigenvalue weighted by molar-refractivity contribution is -0.121. The topological polar surface area (TPSA) is 97.6 Å². The third-order valence-corrected chi connectivity index (χ3v) is 6.26. The van der Waals surface area contributed by atoms with Crippen LogP contribution in [0.25, 0.3) is 11.4 Å². The van der Waals surface area contributed by atoms with Gasteiger partial charge < -0.3 is 14.6 Å². The summed E-state index contributed by atoms with van der Waals surface area (Å²) in [6, 6.07) is 14.1. The second kappa shape index (κ2) is 12.0. The Hall–Kier alpha value is -3.23. The molecule has 1 amide bonds. The van der Waals surface area contributed by atoms with Crippen molar-refractivity contribution in [3.05, 3.63) is 65.0 Å². The summed E-state index contributed by atoms with van der Waals surface area (Å²) in [5, 5.41) is 7.67. The van der Waals surface area contributed by atoms with Crippen LogP contribution in [0.15, 0.2) is 53.1 Å². The highest BCUT2D eigenvalue weighted by Crippen LogP contribution is 2.23. The van der Waals surface area contributed by atoms with Gasteiger partial charge in [0.05, 0.1) is 18.7 Å². The Balaban J connectivity index is 1.22. The molecule has 9 heteroatoms. The van der Waals surface area contributed by atoms with Crippen molar-refractivity contribution in [2.75, 3.05) is 25.0 Å². The molecule has 0 spiro atoms. The van der Waals surface area contributed by atoms with Crippen molar-refractivity contribution in [3.63, 3.8) is 0 Å². The van der Waals surface area contributed by atoms with Gasteiger partial charge in [-0.1, -0.05) is 30.1 Å².